The van der Waals surface area contributed by atoms with Crippen molar-refractivity contribution in [3.05, 3.63) is 24.0 Å². The van der Waals surface area contributed by atoms with Crippen LogP contribution in [-0.4, -0.2) is 35.8 Å². The fourth-order valence-electron chi connectivity index (χ4n) is 2.94. The molecule has 2 saturated heterocycles. The SMILES string of the molecule is CC(C)(C)NCc1cc(N2CC3CCC(C2)O3)ccn1. The third-order valence-electron chi connectivity index (χ3n) is 4.01. The molecular weight excluding hydrogens is 250 g/mol. The van der Waals surface area contributed by atoms with Crippen molar-refractivity contribution in [1.29, 1.82) is 0 Å². The molecule has 2 fully saturated rings. The van der Waals surface area contributed by atoms with Crippen LogP contribution < -0.4 is 10.2 Å². The number of nitrogens with one attached hydrogen (secondary N) is 1. The van der Waals surface area contributed by atoms with Crippen molar-refractivity contribution in [1.82, 2.24) is 10.3 Å². The normalized spacial score (nSPS) is 26.1. The average Bonchev–Trinajstić information content (AvgIpc) is 2.75. The third kappa shape index (κ3) is 3.30. The first kappa shape index (κ1) is 13.8. The largest absolute Gasteiger partial charge is 0.371 e. The minimum atomic E-state index is 0.121. The van der Waals surface area contributed by atoms with Gasteiger partial charge in [0.25, 0.3) is 0 Å². The van der Waals surface area contributed by atoms with Gasteiger partial charge in [-0.25, -0.2) is 0 Å². The lowest BCUT2D eigenvalue weighted by molar-refractivity contribution is 0.0305. The van der Waals surface area contributed by atoms with Gasteiger partial charge in [0.1, 0.15) is 0 Å². The van der Waals surface area contributed by atoms with Crippen LogP contribution in [0.5, 0.6) is 0 Å². The van der Waals surface area contributed by atoms with Crippen LogP contribution in [0, 0.1) is 0 Å². The topological polar surface area (TPSA) is 37.4 Å². The molecule has 0 amide bonds. The maximum absolute atomic E-state index is 5.90. The summed E-state index contributed by atoms with van der Waals surface area (Å²) in [5, 5.41) is 3.49. The monoisotopic (exact) mass is 275 g/mol. The molecule has 1 aromatic rings. The van der Waals surface area contributed by atoms with Crippen LogP contribution in [0.25, 0.3) is 0 Å². The number of fused-ring (bicyclic) bond motifs is 2. The van der Waals surface area contributed by atoms with E-state index in [9.17, 15) is 0 Å². The van der Waals surface area contributed by atoms with E-state index in [-0.39, 0.29) is 5.54 Å². The van der Waals surface area contributed by atoms with Gasteiger partial charge in [-0.2, -0.15) is 0 Å². The number of morpholine rings is 1. The van der Waals surface area contributed by atoms with Crippen LogP contribution in [0.4, 0.5) is 5.69 Å². The Bertz CT molecular complexity index is 457. The lowest BCUT2D eigenvalue weighted by atomic mass is 10.1. The molecule has 3 heterocycles. The van der Waals surface area contributed by atoms with E-state index in [1.165, 1.54) is 18.5 Å². The summed E-state index contributed by atoms with van der Waals surface area (Å²) < 4.78 is 5.90. The van der Waals surface area contributed by atoms with Crippen molar-refractivity contribution in [2.45, 2.75) is 57.9 Å². The van der Waals surface area contributed by atoms with Crippen molar-refractivity contribution in [2.75, 3.05) is 18.0 Å². The van der Waals surface area contributed by atoms with E-state index in [0.29, 0.717) is 12.2 Å². The van der Waals surface area contributed by atoms with E-state index in [0.717, 1.165) is 25.3 Å². The smallest absolute Gasteiger partial charge is 0.0755 e. The number of pyridine rings is 1. The Kier molecular flexibility index (Phi) is 3.69. The van der Waals surface area contributed by atoms with E-state index in [4.69, 9.17) is 4.74 Å². The maximum Gasteiger partial charge on any atom is 0.0755 e. The molecule has 110 valence electrons. The minimum absolute atomic E-state index is 0.121. The van der Waals surface area contributed by atoms with Crippen LogP contribution in [0.15, 0.2) is 18.3 Å². The Morgan fingerprint density at radius 3 is 2.65 bits per heavy atom. The Balaban J connectivity index is 1.68. The number of ether oxygens (including phenoxy) is 1. The van der Waals surface area contributed by atoms with Gasteiger partial charge in [0.2, 0.25) is 0 Å². The van der Waals surface area contributed by atoms with Gasteiger partial charge in [-0.05, 0) is 45.7 Å². The Morgan fingerprint density at radius 1 is 1.30 bits per heavy atom. The third-order valence-corrected chi connectivity index (χ3v) is 4.01. The van der Waals surface area contributed by atoms with Gasteiger partial charge in [-0.3, -0.25) is 4.98 Å². The molecule has 1 aromatic heterocycles. The summed E-state index contributed by atoms with van der Waals surface area (Å²) in [5.41, 5.74) is 2.51. The van der Waals surface area contributed by atoms with E-state index >= 15 is 0 Å². The molecule has 1 N–H and O–H groups in total. The summed E-state index contributed by atoms with van der Waals surface area (Å²) in [6.07, 6.45) is 5.21. The number of nitrogens with zero attached hydrogens (tertiary/aromatic N) is 2. The highest BCUT2D eigenvalue weighted by molar-refractivity contribution is 5.47. The first-order valence-corrected chi connectivity index (χ1v) is 7.60. The van der Waals surface area contributed by atoms with Gasteiger partial charge < -0.3 is 15.0 Å². The van der Waals surface area contributed by atoms with Gasteiger partial charge in [0, 0.05) is 37.1 Å². The first-order valence-electron chi connectivity index (χ1n) is 7.60. The number of anilines is 1. The Morgan fingerprint density at radius 2 is 2.00 bits per heavy atom. The van der Waals surface area contributed by atoms with Crippen molar-refractivity contribution in [2.24, 2.45) is 0 Å². The van der Waals surface area contributed by atoms with Crippen LogP contribution in [0.1, 0.15) is 39.3 Å². The van der Waals surface area contributed by atoms with Gasteiger partial charge in [0.05, 0.1) is 17.9 Å². The lowest BCUT2D eigenvalue weighted by Gasteiger charge is -2.34. The molecule has 4 nitrogen and oxygen atoms in total. The quantitative estimate of drug-likeness (QED) is 0.919. The molecule has 2 aliphatic rings. The van der Waals surface area contributed by atoms with E-state index < -0.39 is 0 Å². The summed E-state index contributed by atoms with van der Waals surface area (Å²) in [4.78, 5) is 6.92. The van der Waals surface area contributed by atoms with Crippen molar-refractivity contribution >= 4 is 5.69 Å². The highest BCUT2D eigenvalue weighted by Gasteiger charge is 2.33. The molecule has 0 aromatic carbocycles. The standard InChI is InChI=1S/C16H25N3O/c1-16(2,3)18-9-12-8-13(6-7-17-12)19-10-14-4-5-15(11-19)20-14/h6-8,14-15,18H,4-5,9-11H2,1-3H3. The molecular formula is C16H25N3O. The molecule has 2 bridgehead atoms. The van der Waals surface area contributed by atoms with Crippen molar-refractivity contribution in [3.63, 3.8) is 0 Å². The summed E-state index contributed by atoms with van der Waals surface area (Å²) in [6, 6.07) is 4.33. The molecule has 2 atom stereocenters. The van der Waals surface area contributed by atoms with Crippen LogP contribution >= 0.6 is 0 Å². The fraction of sp³-hybridized carbons (Fsp3) is 0.688. The van der Waals surface area contributed by atoms with Crippen LogP contribution in [-0.2, 0) is 11.3 Å². The summed E-state index contributed by atoms with van der Waals surface area (Å²) in [5.74, 6) is 0. The van der Waals surface area contributed by atoms with Gasteiger partial charge in [-0.1, -0.05) is 0 Å². The second-order valence-corrected chi connectivity index (χ2v) is 6.97. The van der Waals surface area contributed by atoms with Gasteiger partial charge in [-0.15, -0.1) is 0 Å². The van der Waals surface area contributed by atoms with Gasteiger partial charge in [0.15, 0.2) is 0 Å². The molecule has 3 rings (SSSR count). The first-order chi connectivity index (χ1) is 9.49. The van der Waals surface area contributed by atoms with E-state index in [1.807, 2.05) is 6.20 Å². The van der Waals surface area contributed by atoms with Gasteiger partial charge >= 0.3 is 0 Å². The Hall–Kier alpha value is -1.13. The summed E-state index contributed by atoms with van der Waals surface area (Å²) in [6.45, 7) is 9.39. The summed E-state index contributed by atoms with van der Waals surface area (Å²) >= 11 is 0. The minimum Gasteiger partial charge on any atom is -0.371 e. The molecule has 0 saturated carbocycles. The zero-order valence-electron chi connectivity index (χ0n) is 12.7. The average molecular weight is 275 g/mol. The number of rotatable bonds is 3. The second-order valence-electron chi connectivity index (χ2n) is 6.97. The molecule has 4 heteroatoms. The Labute approximate surface area is 121 Å². The predicted molar refractivity (Wildman–Crippen MR) is 80.9 cm³/mol. The number of hydrogen-bond acceptors (Lipinski definition) is 4. The molecule has 0 spiro atoms. The lowest BCUT2D eigenvalue weighted by Crippen LogP contribution is -2.42. The second kappa shape index (κ2) is 5.34. The zero-order valence-corrected chi connectivity index (χ0v) is 12.7. The fourth-order valence-corrected chi connectivity index (χ4v) is 2.94. The molecule has 0 aliphatic carbocycles. The highest BCUT2D eigenvalue weighted by atomic mass is 16.5. The number of aromatic nitrogens is 1. The summed E-state index contributed by atoms with van der Waals surface area (Å²) in [7, 11) is 0. The molecule has 2 unspecified atom stereocenters. The number of hydrogen-bond donors (Lipinski definition) is 1. The highest BCUT2D eigenvalue weighted by Crippen LogP contribution is 2.29. The zero-order chi connectivity index (χ0) is 14.2. The van der Waals surface area contributed by atoms with Crippen LogP contribution in [0.2, 0.25) is 0 Å². The van der Waals surface area contributed by atoms with Crippen molar-refractivity contribution < 1.29 is 4.74 Å². The molecule has 20 heavy (non-hydrogen) atoms. The maximum atomic E-state index is 5.90. The van der Waals surface area contributed by atoms with E-state index in [1.54, 1.807) is 0 Å². The van der Waals surface area contributed by atoms with Crippen LogP contribution in [0.3, 0.4) is 0 Å². The molecule has 2 aliphatic heterocycles. The van der Waals surface area contributed by atoms with Crippen molar-refractivity contribution in [3.8, 4) is 0 Å². The van der Waals surface area contributed by atoms with E-state index in [2.05, 4.69) is 48.1 Å². The predicted octanol–water partition coefficient (Wildman–Crippen LogP) is 2.34. The molecule has 0 radical (unpaired) electrons.